The molecule has 1 atom stereocenters. The summed E-state index contributed by atoms with van der Waals surface area (Å²) in [4.78, 5) is 0. The van der Waals surface area contributed by atoms with Crippen LogP contribution in [0.2, 0.25) is 0 Å². The Morgan fingerprint density at radius 1 is 1.50 bits per heavy atom. The molecule has 2 heteroatoms. The van der Waals surface area contributed by atoms with Crippen LogP contribution in [0.4, 0.5) is 0 Å². The van der Waals surface area contributed by atoms with E-state index in [0.717, 1.165) is 17.3 Å². The van der Waals surface area contributed by atoms with Crippen molar-refractivity contribution in [2.24, 2.45) is 0 Å². The van der Waals surface area contributed by atoms with Gasteiger partial charge in [0.1, 0.15) is 5.75 Å². The molecule has 0 amide bonds. The van der Waals surface area contributed by atoms with Crippen LogP contribution in [0, 0.1) is 6.92 Å². The molecule has 1 nitrogen and oxygen atoms in total. The average Bonchev–Trinajstić information content (AvgIpc) is 1.95. The molecule has 0 radical (unpaired) electrons. The first-order chi connectivity index (χ1) is 4.75. The number of benzene rings is 1. The van der Waals surface area contributed by atoms with Gasteiger partial charge in [0.2, 0.25) is 0 Å². The summed E-state index contributed by atoms with van der Waals surface area (Å²) >= 11 is 0. The van der Waals surface area contributed by atoms with Crippen molar-refractivity contribution in [3.63, 3.8) is 0 Å². The fourth-order valence-electron chi connectivity index (χ4n) is 0.921. The molecule has 1 aromatic carbocycles. The molecule has 0 aromatic heterocycles. The van der Waals surface area contributed by atoms with E-state index < -0.39 is 0 Å². The summed E-state index contributed by atoms with van der Waals surface area (Å²) in [5.74, 6) is 0.456. The number of phenolic OH excluding ortho intramolecular Hbond substituents is 1. The molecule has 1 aromatic rings. The highest BCUT2D eigenvalue weighted by atomic mass is 31.0. The van der Waals surface area contributed by atoms with Crippen LogP contribution in [-0.4, -0.2) is 5.11 Å². The monoisotopic (exact) mass is 155 g/mol. The summed E-state index contributed by atoms with van der Waals surface area (Å²) in [6.45, 7) is 1.91. The number of phenols is 1. The van der Waals surface area contributed by atoms with Gasteiger partial charge in [-0.3, -0.25) is 0 Å². The second-order valence-electron chi connectivity index (χ2n) is 2.33. The lowest BCUT2D eigenvalue weighted by Gasteiger charge is -2.00. The lowest BCUT2D eigenvalue weighted by molar-refractivity contribution is 0.466. The second-order valence-corrected chi connectivity index (χ2v) is 2.83. The van der Waals surface area contributed by atoms with Gasteiger partial charge in [0.25, 0.3) is 0 Å². The van der Waals surface area contributed by atoms with Crippen LogP contribution in [0.3, 0.4) is 0 Å². The highest BCUT2D eigenvalue weighted by Crippen LogP contribution is 2.22. The summed E-state index contributed by atoms with van der Waals surface area (Å²) in [7, 11) is 1.85. The molecule has 0 saturated carbocycles. The molecule has 10 heavy (non-hydrogen) atoms. The summed E-state index contributed by atoms with van der Waals surface area (Å²) in [5, 5.41) is 9.40. The van der Waals surface area contributed by atoms with Gasteiger partial charge in [-0.05, 0) is 21.7 Å². The topological polar surface area (TPSA) is 20.2 Å². The lowest BCUT2D eigenvalue weighted by atomic mass is 10.1. The SMILES string of the molecule is Cc1cccc(C[PH3+])c1O. The minimum atomic E-state index is 0.456. The first-order valence-corrected chi connectivity index (χ1v) is 4.32. The first kappa shape index (κ1) is 7.56. The van der Waals surface area contributed by atoms with E-state index in [1.807, 2.05) is 34.4 Å². The molecule has 0 saturated heterocycles. The fraction of sp³-hybridized carbons (Fsp3) is 0.250. The van der Waals surface area contributed by atoms with Crippen molar-refractivity contribution in [2.45, 2.75) is 13.1 Å². The van der Waals surface area contributed by atoms with E-state index >= 15 is 0 Å². The normalized spacial score (nSPS) is 10.1. The van der Waals surface area contributed by atoms with Gasteiger partial charge in [0.15, 0.2) is 0 Å². The number of para-hydroxylation sites is 1. The third kappa shape index (κ3) is 1.30. The smallest absolute Gasteiger partial charge is 0.125 e. The molecule has 1 unspecified atom stereocenters. The molecular weight excluding hydrogens is 143 g/mol. The van der Waals surface area contributed by atoms with Crippen molar-refractivity contribution in [1.82, 2.24) is 0 Å². The Bertz CT molecular complexity index is 233. The Hall–Kier alpha value is -0.550. The summed E-state index contributed by atoms with van der Waals surface area (Å²) in [6.07, 6.45) is 0.924. The zero-order valence-corrected chi connectivity index (χ0v) is 7.51. The van der Waals surface area contributed by atoms with Gasteiger partial charge in [-0.2, -0.15) is 0 Å². The molecular formula is C8H12OP+. The van der Waals surface area contributed by atoms with Crippen molar-refractivity contribution < 1.29 is 5.11 Å². The van der Waals surface area contributed by atoms with Gasteiger partial charge in [-0.15, -0.1) is 0 Å². The van der Waals surface area contributed by atoms with E-state index in [4.69, 9.17) is 0 Å². The molecule has 0 aliphatic rings. The van der Waals surface area contributed by atoms with Crippen LogP contribution in [0.5, 0.6) is 5.75 Å². The second kappa shape index (κ2) is 3.03. The van der Waals surface area contributed by atoms with Crippen LogP contribution in [0.25, 0.3) is 0 Å². The van der Waals surface area contributed by atoms with Crippen molar-refractivity contribution >= 4 is 9.24 Å². The van der Waals surface area contributed by atoms with E-state index in [-0.39, 0.29) is 0 Å². The summed E-state index contributed by atoms with van der Waals surface area (Å²) in [6, 6.07) is 5.84. The Kier molecular flexibility index (Phi) is 2.29. The molecule has 0 heterocycles. The van der Waals surface area contributed by atoms with E-state index in [2.05, 4.69) is 0 Å². The Balaban J connectivity index is 3.14. The molecule has 0 spiro atoms. The Morgan fingerprint density at radius 3 is 2.70 bits per heavy atom. The fourth-order valence-corrected chi connectivity index (χ4v) is 1.32. The zero-order valence-electron chi connectivity index (χ0n) is 6.09. The van der Waals surface area contributed by atoms with E-state index in [9.17, 15) is 5.11 Å². The van der Waals surface area contributed by atoms with Crippen LogP contribution in [0.1, 0.15) is 11.1 Å². The highest BCUT2D eigenvalue weighted by Gasteiger charge is 2.01. The number of aromatic hydroxyl groups is 1. The van der Waals surface area contributed by atoms with Crippen molar-refractivity contribution in [1.29, 1.82) is 0 Å². The summed E-state index contributed by atoms with van der Waals surface area (Å²) in [5.41, 5.74) is 2.00. The van der Waals surface area contributed by atoms with Gasteiger partial charge in [-0.1, -0.05) is 18.2 Å². The Labute approximate surface area is 63.3 Å². The van der Waals surface area contributed by atoms with Crippen LogP contribution in [0.15, 0.2) is 18.2 Å². The lowest BCUT2D eigenvalue weighted by Crippen LogP contribution is -1.81. The largest absolute Gasteiger partial charge is 0.507 e. The molecule has 0 aliphatic heterocycles. The van der Waals surface area contributed by atoms with E-state index in [1.165, 1.54) is 0 Å². The average molecular weight is 155 g/mol. The van der Waals surface area contributed by atoms with Crippen molar-refractivity contribution in [3.05, 3.63) is 29.3 Å². The molecule has 1 N–H and O–H groups in total. The predicted octanol–water partition coefficient (Wildman–Crippen LogP) is 1.81. The van der Waals surface area contributed by atoms with Crippen molar-refractivity contribution in [2.75, 3.05) is 0 Å². The number of hydrogen-bond donors (Lipinski definition) is 1. The first-order valence-electron chi connectivity index (χ1n) is 3.32. The Morgan fingerprint density at radius 2 is 2.20 bits per heavy atom. The summed E-state index contributed by atoms with van der Waals surface area (Å²) < 4.78 is 0. The quantitative estimate of drug-likeness (QED) is 0.613. The van der Waals surface area contributed by atoms with Crippen LogP contribution >= 0.6 is 9.24 Å². The van der Waals surface area contributed by atoms with E-state index in [1.54, 1.807) is 0 Å². The highest BCUT2D eigenvalue weighted by molar-refractivity contribution is 7.15. The molecule has 54 valence electrons. The maximum absolute atomic E-state index is 9.40. The molecule has 0 bridgehead atoms. The predicted molar refractivity (Wildman–Crippen MR) is 47.7 cm³/mol. The molecule has 1 rings (SSSR count). The maximum atomic E-state index is 9.40. The minimum absolute atomic E-state index is 0.456. The van der Waals surface area contributed by atoms with Gasteiger partial charge in [0.05, 0.1) is 6.16 Å². The third-order valence-electron chi connectivity index (χ3n) is 1.59. The molecule has 0 aliphatic carbocycles. The van der Waals surface area contributed by atoms with E-state index in [0.29, 0.717) is 5.75 Å². The maximum Gasteiger partial charge on any atom is 0.125 e. The zero-order chi connectivity index (χ0) is 7.56. The number of aryl methyl sites for hydroxylation is 1. The number of hydrogen-bond acceptors (Lipinski definition) is 1. The van der Waals surface area contributed by atoms with Gasteiger partial charge in [0, 0.05) is 5.56 Å². The van der Waals surface area contributed by atoms with Crippen molar-refractivity contribution in [3.8, 4) is 5.75 Å². The van der Waals surface area contributed by atoms with Gasteiger partial charge >= 0.3 is 0 Å². The van der Waals surface area contributed by atoms with Gasteiger partial charge < -0.3 is 5.11 Å². The number of rotatable bonds is 1. The van der Waals surface area contributed by atoms with Crippen LogP contribution < -0.4 is 0 Å². The van der Waals surface area contributed by atoms with Crippen LogP contribution in [-0.2, 0) is 6.16 Å². The molecule has 0 fully saturated rings. The third-order valence-corrected chi connectivity index (χ3v) is 2.13. The minimum Gasteiger partial charge on any atom is -0.507 e. The standard InChI is InChI=1S/C8H11OP/c1-6-3-2-4-7(5-10)8(6)9/h2-4,9H,5,10H2,1H3/p+1. The van der Waals surface area contributed by atoms with Gasteiger partial charge in [-0.25, -0.2) is 0 Å².